The number of nitrogens with two attached hydrogens (primary N) is 1. The van der Waals surface area contributed by atoms with Gasteiger partial charge in [-0.05, 0) is 0 Å². The maximum absolute atomic E-state index is 5.34. The SMILES string of the molecule is Nc1nc(SCc2ncon2)n[nH]1. The molecule has 0 bridgehead atoms. The fourth-order valence-corrected chi connectivity index (χ4v) is 1.37. The Morgan fingerprint density at radius 2 is 2.54 bits per heavy atom. The topological polar surface area (TPSA) is 107 Å². The van der Waals surface area contributed by atoms with E-state index < -0.39 is 0 Å². The van der Waals surface area contributed by atoms with Crippen LogP contribution in [0.15, 0.2) is 16.1 Å². The van der Waals surface area contributed by atoms with Crippen molar-refractivity contribution in [3.05, 3.63) is 12.2 Å². The minimum Gasteiger partial charge on any atom is -0.368 e. The molecule has 0 aromatic carbocycles. The van der Waals surface area contributed by atoms with Gasteiger partial charge in [-0.25, -0.2) is 5.10 Å². The van der Waals surface area contributed by atoms with Crippen molar-refractivity contribution in [3.63, 3.8) is 0 Å². The van der Waals surface area contributed by atoms with Gasteiger partial charge in [0.15, 0.2) is 5.82 Å². The predicted octanol–water partition coefficient (Wildman–Crippen LogP) is 0.0622. The van der Waals surface area contributed by atoms with Gasteiger partial charge in [-0.1, -0.05) is 16.9 Å². The van der Waals surface area contributed by atoms with Gasteiger partial charge in [-0.3, -0.25) is 0 Å². The van der Waals surface area contributed by atoms with Crippen LogP contribution < -0.4 is 5.73 Å². The van der Waals surface area contributed by atoms with Crippen LogP contribution in [0.2, 0.25) is 0 Å². The first-order valence-electron chi connectivity index (χ1n) is 3.40. The number of aromatic amines is 1. The maximum Gasteiger partial charge on any atom is 0.216 e. The van der Waals surface area contributed by atoms with E-state index in [0.717, 1.165) is 0 Å². The number of hydrogen-bond donors (Lipinski definition) is 2. The third-order valence-corrected chi connectivity index (χ3v) is 2.06. The van der Waals surface area contributed by atoms with Gasteiger partial charge in [0.2, 0.25) is 17.5 Å². The maximum atomic E-state index is 5.34. The molecule has 8 heteroatoms. The van der Waals surface area contributed by atoms with Crippen molar-refractivity contribution in [3.8, 4) is 0 Å². The molecule has 0 fully saturated rings. The molecule has 0 saturated carbocycles. The Morgan fingerprint density at radius 3 is 3.15 bits per heavy atom. The van der Waals surface area contributed by atoms with Crippen LogP contribution in [0.3, 0.4) is 0 Å². The third kappa shape index (κ3) is 1.96. The molecule has 2 aromatic rings. The van der Waals surface area contributed by atoms with Crippen LogP contribution in [-0.2, 0) is 5.75 Å². The lowest BCUT2D eigenvalue weighted by Gasteiger charge is -1.87. The van der Waals surface area contributed by atoms with Gasteiger partial charge < -0.3 is 10.3 Å². The van der Waals surface area contributed by atoms with E-state index in [-0.39, 0.29) is 0 Å². The lowest BCUT2D eigenvalue weighted by molar-refractivity contribution is 0.412. The largest absolute Gasteiger partial charge is 0.368 e. The molecule has 0 saturated heterocycles. The molecule has 0 aliphatic heterocycles. The zero-order valence-corrected chi connectivity index (χ0v) is 7.28. The molecule has 0 amide bonds. The zero-order chi connectivity index (χ0) is 9.10. The molecule has 0 atom stereocenters. The molecule has 0 aliphatic carbocycles. The van der Waals surface area contributed by atoms with Crippen molar-refractivity contribution in [1.29, 1.82) is 0 Å². The Labute approximate surface area is 77.1 Å². The molecule has 0 spiro atoms. The average Bonchev–Trinajstić information content (AvgIpc) is 2.71. The minimum absolute atomic E-state index is 0.301. The zero-order valence-electron chi connectivity index (χ0n) is 6.47. The number of hydrogen-bond acceptors (Lipinski definition) is 7. The summed E-state index contributed by atoms with van der Waals surface area (Å²) in [7, 11) is 0. The quantitative estimate of drug-likeness (QED) is 0.671. The monoisotopic (exact) mass is 198 g/mol. The normalized spacial score (nSPS) is 10.5. The number of anilines is 1. The van der Waals surface area contributed by atoms with E-state index in [9.17, 15) is 0 Å². The third-order valence-electron chi connectivity index (χ3n) is 1.22. The first kappa shape index (κ1) is 8.05. The standard InChI is InChI=1S/C5H6N6OS/c6-4-8-5(10-9-4)13-1-3-7-2-12-11-3/h2H,1H2,(H3,6,8,9,10). The molecule has 0 aliphatic rings. The summed E-state index contributed by atoms with van der Waals surface area (Å²) in [5.74, 6) is 1.47. The second kappa shape index (κ2) is 3.44. The highest BCUT2D eigenvalue weighted by atomic mass is 32.2. The van der Waals surface area contributed by atoms with E-state index in [0.29, 0.717) is 22.7 Å². The van der Waals surface area contributed by atoms with E-state index in [4.69, 9.17) is 5.73 Å². The molecular weight excluding hydrogens is 192 g/mol. The van der Waals surface area contributed by atoms with Gasteiger partial charge in [-0.15, -0.1) is 5.10 Å². The summed E-state index contributed by atoms with van der Waals surface area (Å²) in [4.78, 5) is 7.74. The number of nitrogens with one attached hydrogen (secondary N) is 1. The molecular formula is C5H6N6OS. The second-order valence-electron chi connectivity index (χ2n) is 2.14. The van der Waals surface area contributed by atoms with Gasteiger partial charge in [0.25, 0.3) is 0 Å². The molecule has 3 N–H and O–H groups in total. The molecule has 68 valence electrons. The highest BCUT2D eigenvalue weighted by molar-refractivity contribution is 7.98. The van der Waals surface area contributed by atoms with Gasteiger partial charge in [0, 0.05) is 0 Å². The summed E-state index contributed by atoms with van der Waals surface area (Å²) >= 11 is 1.38. The second-order valence-corrected chi connectivity index (χ2v) is 3.08. The van der Waals surface area contributed by atoms with Gasteiger partial charge in [0.05, 0.1) is 5.75 Å². The van der Waals surface area contributed by atoms with Crippen molar-refractivity contribution in [1.82, 2.24) is 25.3 Å². The molecule has 0 radical (unpaired) electrons. The van der Waals surface area contributed by atoms with Crippen molar-refractivity contribution in [2.75, 3.05) is 5.73 Å². The van der Waals surface area contributed by atoms with Gasteiger partial charge in [-0.2, -0.15) is 9.97 Å². The van der Waals surface area contributed by atoms with Crippen molar-refractivity contribution in [2.45, 2.75) is 10.9 Å². The van der Waals surface area contributed by atoms with E-state index >= 15 is 0 Å². The first-order valence-corrected chi connectivity index (χ1v) is 4.39. The van der Waals surface area contributed by atoms with Crippen molar-refractivity contribution < 1.29 is 4.52 Å². The van der Waals surface area contributed by atoms with Crippen molar-refractivity contribution in [2.24, 2.45) is 0 Å². The van der Waals surface area contributed by atoms with E-state index in [2.05, 4.69) is 29.8 Å². The van der Waals surface area contributed by atoms with Crippen LogP contribution in [0.4, 0.5) is 5.95 Å². The van der Waals surface area contributed by atoms with Crippen molar-refractivity contribution >= 4 is 17.7 Å². The number of thioether (sulfide) groups is 1. The fraction of sp³-hybridized carbons (Fsp3) is 0.200. The summed E-state index contributed by atoms with van der Waals surface area (Å²) < 4.78 is 4.56. The molecule has 13 heavy (non-hydrogen) atoms. The lowest BCUT2D eigenvalue weighted by Crippen LogP contribution is -1.86. The highest BCUT2D eigenvalue weighted by Crippen LogP contribution is 2.16. The van der Waals surface area contributed by atoms with Crippen LogP contribution in [0.5, 0.6) is 0 Å². The van der Waals surface area contributed by atoms with E-state index in [1.807, 2.05) is 0 Å². The lowest BCUT2D eigenvalue weighted by atomic mass is 10.7. The Bertz CT molecular complexity index is 370. The number of nitrogens with zero attached hydrogens (tertiary/aromatic N) is 4. The molecule has 0 unspecified atom stereocenters. The fourth-order valence-electron chi connectivity index (χ4n) is 0.708. The van der Waals surface area contributed by atoms with Crippen LogP contribution in [0.25, 0.3) is 0 Å². The first-order chi connectivity index (χ1) is 6.34. The van der Waals surface area contributed by atoms with Gasteiger partial charge >= 0.3 is 0 Å². The number of rotatable bonds is 3. The Hall–Kier alpha value is -1.57. The van der Waals surface area contributed by atoms with E-state index in [1.165, 1.54) is 18.2 Å². The summed E-state index contributed by atoms with van der Waals surface area (Å²) in [5.41, 5.74) is 5.34. The summed E-state index contributed by atoms with van der Waals surface area (Å²) in [6, 6.07) is 0. The predicted molar refractivity (Wildman–Crippen MR) is 44.7 cm³/mol. The smallest absolute Gasteiger partial charge is 0.216 e. The summed E-state index contributed by atoms with van der Waals surface area (Å²) in [6.07, 6.45) is 1.28. The Balaban J connectivity index is 1.93. The Kier molecular flexibility index (Phi) is 2.13. The molecule has 2 aromatic heterocycles. The van der Waals surface area contributed by atoms with Crippen LogP contribution in [0.1, 0.15) is 5.82 Å². The molecule has 2 rings (SSSR count). The van der Waals surface area contributed by atoms with Crippen LogP contribution >= 0.6 is 11.8 Å². The molecule has 7 nitrogen and oxygen atoms in total. The molecule has 2 heterocycles. The Morgan fingerprint density at radius 1 is 1.62 bits per heavy atom. The number of aromatic nitrogens is 5. The summed E-state index contributed by atoms with van der Waals surface area (Å²) in [5, 5.41) is 10.6. The highest BCUT2D eigenvalue weighted by Gasteiger charge is 2.04. The van der Waals surface area contributed by atoms with E-state index in [1.54, 1.807) is 0 Å². The van der Waals surface area contributed by atoms with Crippen LogP contribution in [-0.4, -0.2) is 25.3 Å². The average molecular weight is 198 g/mol. The number of H-pyrrole nitrogens is 1. The van der Waals surface area contributed by atoms with Gasteiger partial charge in [0.1, 0.15) is 0 Å². The minimum atomic E-state index is 0.301. The van der Waals surface area contributed by atoms with Crippen LogP contribution in [0, 0.1) is 0 Å². The summed E-state index contributed by atoms with van der Waals surface area (Å²) in [6.45, 7) is 0. The number of nitrogen functional groups attached to an aromatic ring is 1.